The second-order valence-electron chi connectivity index (χ2n) is 17.3. The summed E-state index contributed by atoms with van der Waals surface area (Å²) in [5.41, 5.74) is 0.767. The second-order valence-corrected chi connectivity index (χ2v) is 17.3. The molecule has 15 atom stereocenters. The first-order valence-corrected chi connectivity index (χ1v) is 17.2. The molecule has 0 amide bonds. The predicted octanol–water partition coefficient (Wildman–Crippen LogP) is 5.94. The Morgan fingerprint density at radius 3 is 2.16 bits per heavy atom. The molecule has 1 saturated heterocycles. The molecule has 5 aliphatic carbocycles. The normalized spacial score (nSPS) is 55.8. The molecule has 0 aromatic heterocycles. The van der Waals surface area contributed by atoms with Gasteiger partial charge >= 0.3 is 5.97 Å². The third-order valence-corrected chi connectivity index (χ3v) is 15.5. The van der Waals surface area contributed by atoms with Gasteiger partial charge in [0.25, 0.3) is 0 Å². The molecule has 0 aromatic rings. The van der Waals surface area contributed by atoms with Gasteiger partial charge in [-0.15, -0.1) is 0 Å². The van der Waals surface area contributed by atoms with E-state index in [4.69, 9.17) is 9.47 Å². The van der Waals surface area contributed by atoms with Gasteiger partial charge in [-0.1, -0.05) is 46.8 Å². The number of carboxylic acids is 1. The highest BCUT2D eigenvalue weighted by Gasteiger charge is 2.72. The number of aliphatic hydroxyl groups excluding tert-OH is 3. The molecule has 0 aromatic carbocycles. The minimum Gasteiger partial charge on any atom is -0.481 e. The van der Waals surface area contributed by atoms with E-state index in [2.05, 4.69) is 48.1 Å². The summed E-state index contributed by atoms with van der Waals surface area (Å²) in [6, 6.07) is 0. The van der Waals surface area contributed by atoms with Crippen molar-refractivity contribution >= 4 is 5.97 Å². The van der Waals surface area contributed by atoms with E-state index in [-0.39, 0.29) is 33.7 Å². The van der Waals surface area contributed by atoms with Crippen LogP contribution in [0.1, 0.15) is 113 Å². The zero-order valence-corrected chi connectivity index (χ0v) is 27.6. The fourth-order valence-corrected chi connectivity index (χ4v) is 13.0. The molecule has 0 bridgehead atoms. The predicted molar refractivity (Wildman–Crippen MR) is 164 cm³/mol. The summed E-state index contributed by atoms with van der Waals surface area (Å²) >= 11 is 0. The Labute approximate surface area is 258 Å². The Bertz CT molecular complexity index is 1140. The number of carbonyl (C=O) groups is 1. The van der Waals surface area contributed by atoms with Crippen LogP contribution in [0, 0.1) is 56.7 Å². The molecule has 43 heavy (non-hydrogen) atoms. The average Bonchev–Trinajstić information content (AvgIpc) is 3.34. The first-order chi connectivity index (χ1) is 20.0. The topological polar surface area (TPSA) is 116 Å². The van der Waals surface area contributed by atoms with Gasteiger partial charge in [0.2, 0.25) is 0 Å². The second kappa shape index (κ2) is 10.3. The molecular weight excluding hydrogens is 544 g/mol. The van der Waals surface area contributed by atoms with Crippen molar-refractivity contribution in [3.63, 3.8) is 0 Å². The molecule has 4 unspecified atom stereocenters. The lowest BCUT2D eigenvalue weighted by Crippen LogP contribution is -2.67. The standard InChI is InChI=1S/C36H58O7/c1-19(2)21-11-16-36(31(40)41)18-17-34(7)22(26(21)36)9-10-24-33(6)14-13-25(32(4,5)23(33)12-15-35(24,34)8)43-30-29(39)28(38)27(37)20(3)42-30/h20-30,37-39H,1,9-18H2,2-8H3,(H,40,41)/t20-,21-,22?,23?,24?,25-,26?,27-,28+,29+,30-,33-,34+,35+,36-/m0/s1. The summed E-state index contributed by atoms with van der Waals surface area (Å²) in [6.07, 6.45) is 4.48. The smallest absolute Gasteiger partial charge is 0.309 e. The summed E-state index contributed by atoms with van der Waals surface area (Å²) in [4.78, 5) is 12.9. The van der Waals surface area contributed by atoms with Crippen molar-refractivity contribution in [1.29, 1.82) is 0 Å². The Morgan fingerprint density at radius 1 is 0.814 bits per heavy atom. The molecule has 4 N–H and O–H groups in total. The first-order valence-electron chi connectivity index (χ1n) is 17.2. The van der Waals surface area contributed by atoms with Gasteiger partial charge in [0.15, 0.2) is 6.29 Å². The lowest BCUT2D eigenvalue weighted by Gasteiger charge is -2.73. The monoisotopic (exact) mass is 602 g/mol. The fourth-order valence-electron chi connectivity index (χ4n) is 13.0. The van der Waals surface area contributed by atoms with Crippen LogP contribution in [-0.4, -0.2) is 63.2 Å². The highest BCUT2D eigenvalue weighted by atomic mass is 16.7. The Morgan fingerprint density at radius 2 is 1.51 bits per heavy atom. The van der Waals surface area contributed by atoms with Crippen LogP contribution < -0.4 is 0 Å². The zero-order chi connectivity index (χ0) is 31.5. The van der Waals surface area contributed by atoms with Crippen molar-refractivity contribution in [2.75, 3.05) is 0 Å². The highest BCUT2D eigenvalue weighted by Crippen LogP contribution is 2.77. The number of aliphatic carboxylic acids is 1. The van der Waals surface area contributed by atoms with E-state index in [9.17, 15) is 25.2 Å². The summed E-state index contributed by atoms with van der Waals surface area (Å²) in [6.45, 7) is 20.5. The number of aliphatic hydroxyl groups is 3. The minimum atomic E-state index is -1.29. The molecule has 7 heteroatoms. The van der Waals surface area contributed by atoms with Crippen LogP contribution in [0.25, 0.3) is 0 Å². The van der Waals surface area contributed by atoms with Crippen molar-refractivity contribution in [3.05, 3.63) is 12.2 Å². The van der Waals surface area contributed by atoms with Gasteiger partial charge in [-0.25, -0.2) is 0 Å². The van der Waals surface area contributed by atoms with Crippen LogP contribution in [0.4, 0.5) is 0 Å². The molecule has 7 nitrogen and oxygen atoms in total. The van der Waals surface area contributed by atoms with Crippen molar-refractivity contribution in [1.82, 2.24) is 0 Å². The van der Waals surface area contributed by atoms with E-state index in [0.717, 1.165) is 64.2 Å². The molecule has 0 spiro atoms. The maximum Gasteiger partial charge on any atom is 0.309 e. The number of hydrogen-bond acceptors (Lipinski definition) is 6. The van der Waals surface area contributed by atoms with Gasteiger partial charge < -0.3 is 29.9 Å². The largest absolute Gasteiger partial charge is 0.481 e. The van der Waals surface area contributed by atoms with E-state index in [0.29, 0.717) is 23.7 Å². The molecule has 1 heterocycles. The van der Waals surface area contributed by atoms with Crippen LogP contribution in [0.3, 0.4) is 0 Å². The summed E-state index contributed by atoms with van der Waals surface area (Å²) < 4.78 is 12.4. The molecule has 244 valence electrons. The third-order valence-electron chi connectivity index (χ3n) is 15.5. The first kappa shape index (κ1) is 32.0. The number of allylic oxidation sites excluding steroid dienone is 1. The van der Waals surface area contributed by atoms with Crippen LogP contribution in [0.5, 0.6) is 0 Å². The number of carboxylic acid groups (broad SMARTS) is 1. The van der Waals surface area contributed by atoms with Gasteiger partial charge in [0.05, 0.1) is 17.6 Å². The molecule has 1 aliphatic heterocycles. The van der Waals surface area contributed by atoms with Crippen molar-refractivity contribution in [2.45, 2.75) is 149 Å². The molecule has 6 rings (SSSR count). The lowest BCUT2D eigenvalue weighted by molar-refractivity contribution is -0.326. The van der Waals surface area contributed by atoms with E-state index in [1.807, 2.05) is 0 Å². The maximum absolute atomic E-state index is 12.9. The number of fused-ring (bicyclic) bond motifs is 7. The molecule has 0 radical (unpaired) electrons. The minimum absolute atomic E-state index is 0.0935. The summed E-state index contributed by atoms with van der Waals surface area (Å²) in [7, 11) is 0. The van der Waals surface area contributed by atoms with Gasteiger partial charge in [-0.3, -0.25) is 4.79 Å². The molecule has 6 aliphatic rings. The van der Waals surface area contributed by atoms with Gasteiger partial charge in [0.1, 0.15) is 18.3 Å². The van der Waals surface area contributed by atoms with E-state index >= 15 is 0 Å². The summed E-state index contributed by atoms with van der Waals surface area (Å²) in [5, 5.41) is 41.9. The fraction of sp³-hybridized carbons (Fsp3) is 0.917. The Kier molecular flexibility index (Phi) is 7.62. The molecule has 5 saturated carbocycles. The van der Waals surface area contributed by atoms with Gasteiger partial charge in [-0.05, 0) is 129 Å². The van der Waals surface area contributed by atoms with Crippen LogP contribution >= 0.6 is 0 Å². The molecular formula is C36H58O7. The average molecular weight is 603 g/mol. The van der Waals surface area contributed by atoms with Crippen LogP contribution in [0.15, 0.2) is 12.2 Å². The lowest BCUT2D eigenvalue weighted by atomic mass is 9.32. The SMILES string of the molecule is C=C(C)[C@@H]1CC[C@]2(C(=O)O)CC[C@]3(C)C(CCC4[C@@]5(C)CC[C@H](O[C@@H]6O[C@@H](C)[C@H](O)[C@@H](O)[C@H]6O)C(C)(C)C5CC[C@]43C)C12. The van der Waals surface area contributed by atoms with E-state index in [1.54, 1.807) is 6.92 Å². The van der Waals surface area contributed by atoms with Crippen molar-refractivity contribution < 1.29 is 34.7 Å². The van der Waals surface area contributed by atoms with E-state index in [1.165, 1.54) is 5.57 Å². The maximum atomic E-state index is 12.9. The van der Waals surface area contributed by atoms with Crippen molar-refractivity contribution in [3.8, 4) is 0 Å². The number of rotatable bonds is 4. The van der Waals surface area contributed by atoms with Crippen LogP contribution in [0.2, 0.25) is 0 Å². The van der Waals surface area contributed by atoms with Crippen LogP contribution in [-0.2, 0) is 14.3 Å². The highest BCUT2D eigenvalue weighted by molar-refractivity contribution is 5.76. The number of hydrogen-bond donors (Lipinski definition) is 4. The third kappa shape index (κ3) is 4.19. The number of ether oxygens (including phenoxy) is 2. The van der Waals surface area contributed by atoms with E-state index < -0.39 is 42.1 Å². The zero-order valence-electron chi connectivity index (χ0n) is 27.6. The Hall–Kier alpha value is -0.990. The van der Waals surface area contributed by atoms with Gasteiger partial charge in [0, 0.05) is 0 Å². The summed E-state index contributed by atoms with van der Waals surface area (Å²) in [5.74, 6) is 1.30. The molecule has 6 fully saturated rings. The van der Waals surface area contributed by atoms with Gasteiger partial charge in [-0.2, -0.15) is 0 Å². The quantitative estimate of drug-likeness (QED) is 0.232. The van der Waals surface area contributed by atoms with Crippen molar-refractivity contribution in [2.24, 2.45) is 56.7 Å². The Balaban J connectivity index is 1.28.